The Kier molecular flexibility index (Phi) is 5.29. The summed E-state index contributed by atoms with van der Waals surface area (Å²) in [6, 6.07) is 16.8. The Morgan fingerprint density at radius 3 is 2.68 bits per heavy atom. The number of fused-ring (bicyclic) bond motifs is 1. The molecule has 4 heteroatoms. The first-order valence-corrected chi connectivity index (χ1v) is 8.61. The zero-order chi connectivity index (χ0) is 17.6. The highest BCUT2D eigenvalue weighted by atomic mass is 16.3. The number of amides is 1. The molecule has 0 fully saturated rings. The first kappa shape index (κ1) is 17.0. The maximum Gasteiger partial charge on any atom is 0.220 e. The van der Waals surface area contributed by atoms with E-state index in [9.17, 15) is 9.90 Å². The number of unbranched alkanes of at least 4 members (excludes halogenated alkanes) is 1. The summed E-state index contributed by atoms with van der Waals surface area (Å²) in [4.78, 5) is 16.6. The first-order valence-electron chi connectivity index (χ1n) is 8.61. The molecule has 0 saturated carbocycles. The lowest BCUT2D eigenvalue weighted by Crippen LogP contribution is -2.29. The Labute approximate surface area is 147 Å². The SMILES string of the molecule is CCCCC(=O)N[C@@H](c1ccccc1)c1ccc2cccnc2c1O. The van der Waals surface area contributed by atoms with Gasteiger partial charge in [-0.25, -0.2) is 0 Å². The maximum atomic E-state index is 12.3. The van der Waals surface area contributed by atoms with Crippen molar-refractivity contribution in [2.45, 2.75) is 32.2 Å². The molecule has 1 heterocycles. The molecule has 4 nitrogen and oxygen atoms in total. The van der Waals surface area contributed by atoms with E-state index >= 15 is 0 Å². The predicted molar refractivity (Wildman–Crippen MR) is 99.4 cm³/mol. The zero-order valence-electron chi connectivity index (χ0n) is 14.3. The highest BCUT2D eigenvalue weighted by Crippen LogP contribution is 2.34. The lowest BCUT2D eigenvalue weighted by atomic mass is 9.96. The molecule has 0 aliphatic carbocycles. The predicted octanol–water partition coefficient (Wildman–Crippen LogP) is 4.34. The number of nitrogens with one attached hydrogen (secondary N) is 1. The summed E-state index contributed by atoms with van der Waals surface area (Å²) >= 11 is 0. The first-order chi connectivity index (χ1) is 12.2. The molecule has 0 aliphatic heterocycles. The summed E-state index contributed by atoms with van der Waals surface area (Å²) in [5, 5.41) is 14.7. The lowest BCUT2D eigenvalue weighted by molar-refractivity contribution is -0.121. The van der Waals surface area contributed by atoms with E-state index in [1.165, 1.54) is 0 Å². The van der Waals surface area contributed by atoms with Gasteiger partial charge in [-0.05, 0) is 18.1 Å². The largest absolute Gasteiger partial charge is 0.505 e. The van der Waals surface area contributed by atoms with Crippen LogP contribution >= 0.6 is 0 Å². The Hall–Kier alpha value is -2.88. The van der Waals surface area contributed by atoms with Crippen molar-refractivity contribution in [3.05, 3.63) is 71.9 Å². The van der Waals surface area contributed by atoms with Gasteiger partial charge in [-0.3, -0.25) is 9.78 Å². The second-order valence-corrected chi connectivity index (χ2v) is 6.09. The van der Waals surface area contributed by atoms with E-state index in [2.05, 4.69) is 17.2 Å². The number of aromatic hydroxyl groups is 1. The molecule has 3 rings (SSSR count). The zero-order valence-corrected chi connectivity index (χ0v) is 14.3. The van der Waals surface area contributed by atoms with Crippen LogP contribution in [0.25, 0.3) is 10.9 Å². The van der Waals surface area contributed by atoms with Gasteiger partial charge in [0.2, 0.25) is 5.91 Å². The van der Waals surface area contributed by atoms with Gasteiger partial charge in [-0.2, -0.15) is 0 Å². The average Bonchev–Trinajstić information content (AvgIpc) is 2.66. The van der Waals surface area contributed by atoms with Crippen LogP contribution in [0, 0.1) is 0 Å². The van der Waals surface area contributed by atoms with Crippen LogP contribution in [0.3, 0.4) is 0 Å². The molecular formula is C21H22N2O2. The van der Waals surface area contributed by atoms with E-state index in [0.717, 1.165) is 23.8 Å². The molecule has 2 N–H and O–H groups in total. The fourth-order valence-electron chi connectivity index (χ4n) is 2.93. The van der Waals surface area contributed by atoms with E-state index < -0.39 is 6.04 Å². The maximum absolute atomic E-state index is 12.3. The molecule has 128 valence electrons. The third-order valence-electron chi connectivity index (χ3n) is 4.29. The van der Waals surface area contributed by atoms with Gasteiger partial charge in [0, 0.05) is 23.6 Å². The number of benzene rings is 2. The third kappa shape index (κ3) is 3.79. The highest BCUT2D eigenvalue weighted by Gasteiger charge is 2.21. The van der Waals surface area contributed by atoms with Crippen molar-refractivity contribution in [1.82, 2.24) is 10.3 Å². The topological polar surface area (TPSA) is 62.2 Å². The van der Waals surface area contributed by atoms with Gasteiger partial charge in [0.25, 0.3) is 0 Å². The fourth-order valence-corrected chi connectivity index (χ4v) is 2.93. The number of nitrogens with zero attached hydrogens (tertiary/aromatic N) is 1. The number of carbonyl (C=O) groups is 1. The molecule has 1 aromatic heterocycles. The average molecular weight is 334 g/mol. The van der Waals surface area contributed by atoms with Gasteiger partial charge in [-0.15, -0.1) is 0 Å². The van der Waals surface area contributed by atoms with Gasteiger partial charge in [0.1, 0.15) is 11.3 Å². The van der Waals surface area contributed by atoms with Crippen molar-refractivity contribution < 1.29 is 9.90 Å². The van der Waals surface area contributed by atoms with Crippen molar-refractivity contribution in [2.75, 3.05) is 0 Å². The Morgan fingerprint density at radius 2 is 1.92 bits per heavy atom. The summed E-state index contributed by atoms with van der Waals surface area (Å²) < 4.78 is 0. The molecule has 0 spiro atoms. The number of rotatable bonds is 6. The Morgan fingerprint density at radius 1 is 1.12 bits per heavy atom. The van der Waals surface area contributed by atoms with E-state index in [4.69, 9.17) is 0 Å². The molecule has 1 amide bonds. The molecule has 0 radical (unpaired) electrons. The van der Waals surface area contributed by atoms with E-state index in [1.807, 2.05) is 54.6 Å². The number of hydrogen-bond acceptors (Lipinski definition) is 3. The number of aromatic nitrogens is 1. The number of phenolic OH excluding ortho intramolecular Hbond substituents is 1. The fraction of sp³-hybridized carbons (Fsp3) is 0.238. The van der Waals surface area contributed by atoms with Crippen molar-refractivity contribution in [3.8, 4) is 5.75 Å². The van der Waals surface area contributed by atoms with Crippen LogP contribution in [0.4, 0.5) is 0 Å². The monoisotopic (exact) mass is 334 g/mol. The molecule has 0 bridgehead atoms. The molecule has 25 heavy (non-hydrogen) atoms. The molecule has 1 atom stereocenters. The van der Waals surface area contributed by atoms with Gasteiger partial charge in [0.05, 0.1) is 6.04 Å². The van der Waals surface area contributed by atoms with E-state index in [-0.39, 0.29) is 11.7 Å². The molecule has 2 aromatic carbocycles. The number of pyridine rings is 1. The number of carbonyl (C=O) groups excluding carboxylic acids is 1. The Balaban J connectivity index is 2.02. The summed E-state index contributed by atoms with van der Waals surface area (Å²) in [5.74, 6) is 0.0963. The Bertz CT molecular complexity index is 862. The highest BCUT2D eigenvalue weighted by molar-refractivity contribution is 5.86. The summed E-state index contributed by atoms with van der Waals surface area (Å²) in [7, 11) is 0. The summed E-state index contributed by atoms with van der Waals surface area (Å²) in [6.45, 7) is 2.06. The third-order valence-corrected chi connectivity index (χ3v) is 4.29. The minimum atomic E-state index is -0.406. The molecule has 0 aliphatic rings. The van der Waals surface area contributed by atoms with Crippen molar-refractivity contribution in [3.63, 3.8) is 0 Å². The smallest absolute Gasteiger partial charge is 0.220 e. The van der Waals surface area contributed by atoms with Crippen LogP contribution in [0.5, 0.6) is 5.75 Å². The van der Waals surface area contributed by atoms with Gasteiger partial charge in [-0.1, -0.05) is 61.9 Å². The van der Waals surface area contributed by atoms with Gasteiger partial charge in [0.15, 0.2) is 0 Å². The molecular weight excluding hydrogens is 312 g/mol. The van der Waals surface area contributed by atoms with Crippen LogP contribution in [-0.4, -0.2) is 16.0 Å². The standard InChI is InChI=1S/C21H22N2O2/c1-2-3-11-18(24)23-19(15-8-5-4-6-9-15)17-13-12-16-10-7-14-22-20(16)21(17)25/h4-10,12-14,19,25H,2-3,11H2,1H3,(H,23,24)/t19-/m0/s1. The summed E-state index contributed by atoms with van der Waals surface area (Å²) in [5.41, 5.74) is 2.13. The van der Waals surface area contributed by atoms with E-state index in [1.54, 1.807) is 6.20 Å². The van der Waals surface area contributed by atoms with Crippen LogP contribution in [-0.2, 0) is 4.79 Å². The number of phenols is 1. The van der Waals surface area contributed by atoms with Crippen molar-refractivity contribution in [1.29, 1.82) is 0 Å². The van der Waals surface area contributed by atoms with Crippen LogP contribution in [0.1, 0.15) is 43.4 Å². The molecule has 0 unspecified atom stereocenters. The van der Waals surface area contributed by atoms with Crippen molar-refractivity contribution in [2.24, 2.45) is 0 Å². The van der Waals surface area contributed by atoms with E-state index in [0.29, 0.717) is 17.5 Å². The van der Waals surface area contributed by atoms with Crippen LogP contribution in [0.15, 0.2) is 60.8 Å². The molecule has 0 saturated heterocycles. The van der Waals surface area contributed by atoms with Crippen LogP contribution < -0.4 is 5.32 Å². The van der Waals surface area contributed by atoms with Crippen LogP contribution in [0.2, 0.25) is 0 Å². The lowest BCUT2D eigenvalue weighted by Gasteiger charge is -2.21. The molecule has 3 aromatic rings. The van der Waals surface area contributed by atoms with Gasteiger partial charge >= 0.3 is 0 Å². The quantitative estimate of drug-likeness (QED) is 0.705. The van der Waals surface area contributed by atoms with Crippen molar-refractivity contribution >= 4 is 16.8 Å². The second kappa shape index (κ2) is 7.79. The number of hydrogen-bond donors (Lipinski definition) is 2. The normalized spacial score (nSPS) is 12.0. The summed E-state index contributed by atoms with van der Waals surface area (Å²) in [6.07, 6.45) is 3.95. The minimum Gasteiger partial charge on any atom is -0.505 e. The second-order valence-electron chi connectivity index (χ2n) is 6.09. The minimum absolute atomic E-state index is 0.0174. The van der Waals surface area contributed by atoms with Gasteiger partial charge < -0.3 is 10.4 Å².